The lowest BCUT2D eigenvalue weighted by atomic mass is 10.1. The molecule has 4 aromatic rings. The van der Waals surface area contributed by atoms with E-state index in [1.807, 2.05) is 30.3 Å². The molecule has 0 saturated carbocycles. The van der Waals surface area contributed by atoms with Gasteiger partial charge in [-0.15, -0.1) is 4.33 Å². The van der Waals surface area contributed by atoms with Crippen molar-refractivity contribution in [2.45, 2.75) is 9.79 Å². The van der Waals surface area contributed by atoms with E-state index in [4.69, 9.17) is 9.99 Å². The number of carbonyl (C=O) groups excluding carboxylic acids is 1. The summed E-state index contributed by atoms with van der Waals surface area (Å²) in [6.07, 6.45) is 3.08. The molecule has 0 atom stereocenters. The third-order valence-electron chi connectivity index (χ3n) is 5.45. The van der Waals surface area contributed by atoms with Crippen LogP contribution in [0, 0.1) is 0 Å². The van der Waals surface area contributed by atoms with Crippen LogP contribution in [0.3, 0.4) is 0 Å². The molecule has 0 aliphatic heterocycles. The van der Waals surface area contributed by atoms with Gasteiger partial charge in [0.1, 0.15) is 10.6 Å². The Hall–Kier alpha value is -4.17. The van der Waals surface area contributed by atoms with Crippen molar-refractivity contribution in [2.24, 2.45) is 0 Å². The predicted octanol–water partition coefficient (Wildman–Crippen LogP) is 6.23. The number of rotatable bonds is 12. The summed E-state index contributed by atoms with van der Waals surface area (Å²) in [4.78, 5) is 12.6. The maximum atomic E-state index is 12.5. The largest absolute Gasteiger partial charge is 0.473 e. The maximum Gasteiger partial charge on any atom is 0.295 e. The summed E-state index contributed by atoms with van der Waals surface area (Å²) in [7, 11) is -4.63. The molecular formula is C28H24N2O8S2. The Balaban J connectivity index is 1.54. The second kappa shape index (κ2) is 13.8. The van der Waals surface area contributed by atoms with Gasteiger partial charge in [-0.2, -0.15) is 8.42 Å². The zero-order chi connectivity index (χ0) is 28.4. The SMILES string of the molecule is O=C(Nc1ccc(C=Cc2ccc(NCOc3ccccc3)cc2SOOO)c(S(=O)(=O)O)c1)c1ccccc1. The molecule has 12 heteroatoms. The van der Waals surface area contributed by atoms with Crippen LogP contribution in [0.2, 0.25) is 0 Å². The number of nitrogens with one attached hydrogen (secondary N) is 2. The van der Waals surface area contributed by atoms with E-state index in [0.717, 1.165) is 12.0 Å². The number of hydrogen-bond donors (Lipinski definition) is 4. The highest BCUT2D eigenvalue weighted by Crippen LogP contribution is 2.30. The number of benzene rings is 4. The molecule has 0 radical (unpaired) electrons. The summed E-state index contributed by atoms with van der Waals surface area (Å²) < 4.78 is 44.4. The normalized spacial score (nSPS) is 11.3. The third kappa shape index (κ3) is 8.16. The summed E-state index contributed by atoms with van der Waals surface area (Å²) in [5.74, 6) is 0.266. The first-order chi connectivity index (χ1) is 19.3. The molecule has 0 saturated heterocycles. The number of amides is 1. The van der Waals surface area contributed by atoms with E-state index in [1.54, 1.807) is 54.6 Å². The molecule has 40 heavy (non-hydrogen) atoms. The van der Waals surface area contributed by atoms with E-state index in [-0.39, 0.29) is 18.0 Å². The highest BCUT2D eigenvalue weighted by atomic mass is 32.2. The van der Waals surface area contributed by atoms with Gasteiger partial charge in [0.15, 0.2) is 6.73 Å². The van der Waals surface area contributed by atoms with Crippen molar-refractivity contribution in [1.82, 2.24) is 0 Å². The molecule has 1 amide bonds. The smallest absolute Gasteiger partial charge is 0.295 e. The number of ether oxygens (including phenoxy) is 1. The van der Waals surface area contributed by atoms with E-state index in [9.17, 15) is 17.8 Å². The van der Waals surface area contributed by atoms with E-state index in [1.165, 1.54) is 24.3 Å². The number of anilines is 2. The number of para-hydroxylation sites is 1. The van der Waals surface area contributed by atoms with Gasteiger partial charge in [0.05, 0.1) is 12.0 Å². The molecule has 0 aromatic heterocycles. The highest BCUT2D eigenvalue weighted by Gasteiger charge is 2.16. The third-order valence-corrected chi connectivity index (χ3v) is 7.03. The molecule has 4 N–H and O–H groups in total. The average molecular weight is 581 g/mol. The number of hydrogen-bond acceptors (Lipinski definition) is 9. The van der Waals surface area contributed by atoms with E-state index in [0.29, 0.717) is 27.5 Å². The summed E-state index contributed by atoms with van der Waals surface area (Å²) in [5.41, 5.74) is 2.02. The van der Waals surface area contributed by atoms with Crippen molar-refractivity contribution in [3.8, 4) is 5.75 Å². The van der Waals surface area contributed by atoms with Crippen molar-refractivity contribution in [3.05, 3.63) is 114 Å². The van der Waals surface area contributed by atoms with Crippen molar-refractivity contribution in [3.63, 3.8) is 0 Å². The molecule has 0 bridgehead atoms. The predicted molar refractivity (Wildman–Crippen MR) is 152 cm³/mol. The minimum Gasteiger partial charge on any atom is -0.473 e. The van der Waals surface area contributed by atoms with Crippen LogP contribution in [-0.4, -0.2) is 30.9 Å². The lowest BCUT2D eigenvalue weighted by Crippen LogP contribution is -2.12. The Bertz CT molecular complexity index is 1580. The summed E-state index contributed by atoms with van der Waals surface area (Å²) in [6.45, 7) is 0.186. The fraction of sp³-hybridized carbons (Fsp3) is 0.0357. The molecule has 206 valence electrons. The molecule has 0 spiro atoms. The molecule has 0 fully saturated rings. The van der Waals surface area contributed by atoms with Gasteiger partial charge in [-0.1, -0.05) is 65.7 Å². The Labute approximate surface area is 235 Å². The minimum absolute atomic E-state index is 0.175. The topological polar surface area (TPSA) is 143 Å². The lowest BCUT2D eigenvalue weighted by molar-refractivity contribution is -0.432. The Kier molecular flexibility index (Phi) is 9.91. The van der Waals surface area contributed by atoms with Crippen molar-refractivity contribution in [2.75, 3.05) is 17.4 Å². The van der Waals surface area contributed by atoms with Crippen LogP contribution in [0.1, 0.15) is 21.5 Å². The van der Waals surface area contributed by atoms with Gasteiger partial charge in [-0.3, -0.25) is 9.35 Å². The lowest BCUT2D eigenvalue weighted by Gasteiger charge is -2.12. The first-order valence-electron chi connectivity index (χ1n) is 11.7. The van der Waals surface area contributed by atoms with E-state index >= 15 is 0 Å². The molecule has 4 aromatic carbocycles. The van der Waals surface area contributed by atoms with Crippen molar-refractivity contribution in [1.29, 1.82) is 0 Å². The standard InChI is InChI=1S/C28H24N2O8S2/c31-28(22-7-3-1-4-8-22)30-24-16-14-21(27(18-24)40(33,34)35)12-11-20-13-15-23(17-26(20)39-38-37-32)29-19-36-25-9-5-2-6-10-25/h1-18,29,32H,19H2,(H,30,31)(H,33,34,35). The maximum absolute atomic E-state index is 12.5. The Morgan fingerprint density at radius 1 is 0.850 bits per heavy atom. The van der Waals surface area contributed by atoms with Crippen LogP contribution in [0.25, 0.3) is 12.2 Å². The molecule has 0 heterocycles. The Morgan fingerprint density at radius 2 is 1.50 bits per heavy atom. The van der Waals surface area contributed by atoms with Crippen LogP contribution < -0.4 is 15.4 Å². The fourth-order valence-electron chi connectivity index (χ4n) is 3.57. The van der Waals surface area contributed by atoms with E-state index in [2.05, 4.69) is 20.0 Å². The monoisotopic (exact) mass is 580 g/mol. The van der Waals surface area contributed by atoms with Gasteiger partial charge in [0, 0.05) is 21.8 Å². The minimum atomic E-state index is -4.63. The summed E-state index contributed by atoms with van der Waals surface area (Å²) in [5, 5.41) is 18.1. The van der Waals surface area contributed by atoms with Crippen LogP contribution in [-0.2, 0) is 19.5 Å². The van der Waals surface area contributed by atoms with Crippen LogP contribution in [0.15, 0.2) is 107 Å². The zero-order valence-electron chi connectivity index (χ0n) is 20.8. The quantitative estimate of drug-likeness (QED) is 0.0380. The molecule has 0 unspecified atom stereocenters. The Morgan fingerprint density at radius 3 is 2.20 bits per heavy atom. The van der Waals surface area contributed by atoms with E-state index < -0.39 is 20.9 Å². The van der Waals surface area contributed by atoms with Crippen LogP contribution in [0.4, 0.5) is 11.4 Å². The zero-order valence-corrected chi connectivity index (χ0v) is 22.4. The first-order valence-corrected chi connectivity index (χ1v) is 13.9. The van der Waals surface area contributed by atoms with Gasteiger partial charge >= 0.3 is 0 Å². The van der Waals surface area contributed by atoms with Gasteiger partial charge in [-0.25, -0.2) is 5.26 Å². The molecule has 4 rings (SSSR count). The summed E-state index contributed by atoms with van der Waals surface area (Å²) in [6, 6.07) is 27.0. The fourth-order valence-corrected chi connectivity index (χ4v) is 4.79. The average Bonchev–Trinajstić information content (AvgIpc) is 2.96. The van der Waals surface area contributed by atoms with Gasteiger partial charge in [0.25, 0.3) is 16.0 Å². The first kappa shape index (κ1) is 28.8. The number of carbonyl (C=O) groups is 1. The molecular weight excluding hydrogens is 556 g/mol. The van der Waals surface area contributed by atoms with Crippen molar-refractivity contribution < 1.29 is 37.1 Å². The highest BCUT2D eigenvalue weighted by molar-refractivity contribution is 7.94. The summed E-state index contributed by atoms with van der Waals surface area (Å²) >= 11 is 0.724. The second-order valence-electron chi connectivity index (χ2n) is 8.14. The van der Waals surface area contributed by atoms with Crippen molar-refractivity contribution >= 4 is 51.6 Å². The van der Waals surface area contributed by atoms with Crippen LogP contribution in [0.5, 0.6) is 5.75 Å². The van der Waals surface area contributed by atoms with Gasteiger partial charge < -0.3 is 15.4 Å². The second-order valence-corrected chi connectivity index (χ2v) is 10.3. The molecule has 0 aliphatic carbocycles. The molecule has 10 nitrogen and oxygen atoms in total. The van der Waals surface area contributed by atoms with Gasteiger partial charge in [0.2, 0.25) is 0 Å². The molecule has 0 aliphatic rings. The van der Waals surface area contributed by atoms with Crippen LogP contribution >= 0.6 is 12.0 Å². The van der Waals surface area contributed by atoms with Gasteiger partial charge in [-0.05, 0) is 59.7 Å².